The molecule has 0 bridgehead atoms. The van der Waals surface area contributed by atoms with Crippen LogP contribution in [0.4, 0.5) is 11.4 Å². The molecule has 5 rings (SSSR count). The van der Waals surface area contributed by atoms with Crippen LogP contribution in [-0.2, 0) is 50.3 Å². The van der Waals surface area contributed by atoms with Gasteiger partial charge in [0.05, 0.1) is 15.2 Å². The van der Waals surface area contributed by atoms with Crippen molar-refractivity contribution < 1.29 is 101 Å². The zero-order valence-corrected chi connectivity index (χ0v) is 35.5. The van der Waals surface area contributed by atoms with E-state index in [9.17, 15) is 40.3 Å². The summed E-state index contributed by atoms with van der Waals surface area (Å²) in [6, 6.07) is 8.97. The molecule has 0 unspecified atom stereocenters. The summed E-state index contributed by atoms with van der Waals surface area (Å²) in [4.78, 5) is 42.3. The first kappa shape index (κ1) is 42.9. The maximum absolute atomic E-state index is 12.2. The van der Waals surface area contributed by atoms with Gasteiger partial charge in [0, 0.05) is 66.7 Å². The number of hydrogen-bond donors (Lipinski definition) is 1. The number of hydroxylamine groups is 2. The third-order valence-corrected chi connectivity index (χ3v) is 11.5. The summed E-state index contributed by atoms with van der Waals surface area (Å²) in [6.07, 6.45) is 11.3. The van der Waals surface area contributed by atoms with Gasteiger partial charge in [-0.1, -0.05) is 32.1 Å². The molecule has 1 saturated heterocycles. The van der Waals surface area contributed by atoms with Crippen molar-refractivity contribution in [2.75, 3.05) is 18.0 Å². The fourth-order valence-corrected chi connectivity index (χ4v) is 8.09. The van der Waals surface area contributed by atoms with E-state index in [0.717, 1.165) is 28.3 Å². The van der Waals surface area contributed by atoms with Gasteiger partial charge in [-0.3, -0.25) is 14.1 Å². The van der Waals surface area contributed by atoms with Gasteiger partial charge in [-0.05, 0) is 75.6 Å². The number of nitrogens with zero attached hydrogens (tertiary/aromatic N) is 3. The van der Waals surface area contributed by atoms with Crippen molar-refractivity contribution in [3.63, 3.8) is 0 Å². The molecule has 16 heteroatoms. The molecule has 0 radical (unpaired) electrons. The largest absolute Gasteiger partial charge is 1.00 e. The number of rotatable bonds is 13. The van der Waals surface area contributed by atoms with Crippen LogP contribution < -0.4 is 56.3 Å². The molecule has 53 heavy (non-hydrogen) atoms. The summed E-state index contributed by atoms with van der Waals surface area (Å²) in [7, 11) is -9.05. The fraction of sp³-hybridized carbons (Fsp3) is 0.405. The first-order chi connectivity index (χ1) is 24.3. The summed E-state index contributed by atoms with van der Waals surface area (Å²) in [6.45, 7) is 11.0. The molecule has 1 fully saturated rings. The van der Waals surface area contributed by atoms with Crippen molar-refractivity contribution in [3.05, 3.63) is 83.6 Å². The number of fused-ring (bicyclic) bond motifs is 2. The molecule has 2 aromatic rings. The van der Waals surface area contributed by atoms with Crippen molar-refractivity contribution in [2.45, 2.75) is 93.8 Å². The summed E-state index contributed by atoms with van der Waals surface area (Å²) in [5.41, 5.74) is 3.68. The number of unbranched alkanes of at least 4 members (excludes halogenated alkanes) is 2. The van der Waals surface area contributed by atoms with Crippen LogP contribution in [-0.4, -0.2) is 72.2 Å². The van der Waals surface area contributed by atoms with Crippen LogP contribution in [0.25, 0.3) is 0 Å². The first-order valence-electron chi connectivity index (χ1n) is 17.1. The third-order valence-electron chi connectivity index (χ3n) is 9.82. The van der Waals surface area contributed by atoms with E-state index in [1.54, 1.807) is 12.1 Å². The van der Waals surface area contributed by atoms with Gasteiger partial charge in [0.25, 0.3) is 21.9 Å². The summed E-state index contributed by atoms with van der Waals surface area (Å²) in [5.74, 6) is -1.72. The minimum atomic E-state index is -4.69. The van der Waals surface area contributed by atoms with Crippen LogP contribution in [0.5, 0.6) is 0 Å². The monoisotopic (exact) mass is 792 g/mol. The Kier molecular flexibility index (Phi) is 13.4. The molecule has 3 aliphatic rings. The number of carbonyl (C=O) groups is 3. The van der Waals surface area contributed by atoms with E-state index in [2.05, 4.69) is 9.48 Å². The van der Waals surface area contributed by atoms with Crippen LogP contribution in [0.1, 0.15) is 84.3 Å². The minimum absolute atomic E-state index is 0. The molecule has 278 valence electrons. The average molecular weight is 793 g/mol. The normalized spacial score (nSPS) is 18.7. The van der Waals surface area contributed by atoms with E-state index < -0.39 is 48.8 Å². The predicted octanol–water partition coefficient (Wildman–Crippen LogP) is 2.20. The SMILES string of the molecule is CCN1C(=CC=CC=CC2=[N+](CCCCCC(=O)ON3C(=O)CCC3=O)c3ccc(S(=O)(=O)[O-])cc3C2(C)C)C(C)(C)c2cc(S(=O)(=O)O)ccc21.[K+]. The van der Waals surface area contributed by atoms with Gasteiger partial charge >= 0.3 is 57.4 Å². The second-order valence-electron chi connectivity index (χ2n) is 14.0. The van der Waals surface area contributed by atoms with Crippen LogP contribution >= 0.6 is 0 Å². The van der Waals surface area contributed by atoms with Crippen molar-refractivity contribution in [2.24, 2.45) is 0 Å². The Morgan fingerprint density at radius 2 is 1.55 bits per heavy atom. The van der Waals surface area contributed by atoms with Crippen LogP contribution in [0.3, 0.4) is 0 Å². The number of anilines is 1. The van der Waals surface area contributed by atoms with Crippen molar-refractivity contribution in [1.82, 2.24) is 5.06 Å². The van der Waals surface area contributed by atoms with Crippen molar-refractivity contribution in [1.29, 1.82) is 0 Å². The van der Waals surface area contributed by atoms with E-state index in [1.165, 1.54) is 24.3 Å². The van der Waals surface area contributed by atoms with E-state index in [1.807, 2.05) is 65.0 Å². The van der Waals surface area contributed by atoms with E-state index in [0.29, 0.717) is 43.0 Å². The zero-order chi connectivity index (χ0) is 38.2. The molecule has 3 heterocycles. The minimum Gasteiger partial charge on any atom is -0.744 e. The maximum atomic E-state index is 12.2. The summed E-state index contributed by atoms with van der Waals surface area (Å²) in [5, 5.41) is 0.538. The molecular formula is C37H43KN3O10S2+. The number of allylic oxidation sites excluding steroid dienone is 6. The summed E-state index contributed by atoms with van der Waals surface area (Å²) >= 11 is 0. The molecule has 1 N–H and O–H groups in total. The van der Waals surface area contributed by atoms with Crippen LogP contribution in [0, 0.1) is 0 Å². The number of amides is 2. The Bertz CT molecular complexity index is 2150. The maximum Gasteiger partial charge on any atom is 1.00 e. The van der Waals surface area contributed by atoms with Crippen LogP contribution in [0.2, 0.25) is 0 Å². The Labute approximate surface area is 353 Å². The smallest absolute Gasteiger partial charge is 0.744 e. The van der Waals surface area contributed by atoms with Crippen LogP contribution in [0.15, 0.2) is 82.3 Å². The second-order valence-corrected chi connectivity index (χ2v) is 16.8. The Hall–Kier alpha value is -2.80. The number of imide groups is 1. The molecule has 13 nitrogen and oxygen atoms in total. The Morgan fingerprint density at radius 1 is 0.906 bits per heavy atom. The molecule has 0 spiro atoms. The standard InChI is InChI=1S/C37H43N3O10S2.K/c1-6-38-29-18-16-25(51(44,45)46)23-27(29)36(2,3)31(38)13-9-7-10-14-32-37(4,5)28-24-26(52(47,48)49)17-19-30(28)39(32)22-12-8-11-15-35(43)50-40-33(41)20-21-34(40)42;/h7,9-10,13-14,16-19,23-24H,6,8,11-12,15,20-22H2,1-5H3,(H-,44,45,46,47,48,49);/q;+1. The number of hydrogen-bond acceptors (Lipinski definition) is 10. The third kappa shape index (κ3) is 9.02. The van der Waals surface area contributed by atoms with Gasteiger partial charge in [-0.15, -0.1) is 5.06 Å². The van der Waals surface area contributed by atoms with E-state index >= 15 is 0 Å². The van der Waals surface area contributed by atoms with Gasteiger partial charge in [-0.25, -0.2) is 13.2 Å². The van der Waals surface area contributed by atoms with E-state index in [4.69, 9.17) is 4.84 Å². The molecule has 0 aliphatic carbocycles. The molecule has 2 aromatic carbocycles. The molecular weight excluding hydrogens is 750 g/mol. The van der Waals surface area contributed by atoms with Crippen molar-refractivity contribution in [3.8, 4) is 0 Å². The Morgan fingerprint density at radius 3 is 2.17 bits per heavy atom. The topological polar surface area (TPSA) is 181 Å². The first-order valence-corrected chi connectivity index (χ1v) is 19.9. The molecule has 0 saturated carbocycles. The number of benzene rings is 2. The summed E-state index contributed by atoms with van der Waals surface area (Å²) < 4.78 is 71.1. The Balaban J connectivity index is 0.00000627. The van der Waals surface area contributed by atoms with Gasteiger partial charge in [-0.2, -0.15) is 13.0 Å². The average Bonchev–Trinajstić information content (AvgIpc) is 3.58. The number of carbonyl (C=O) groups excluding carboxylic acids is 3. The second kappa shape index (κ2) is 16.5. The molecule has 0 atom stereocenters. The molecule has 0 aromatic heterocycles. The number of likely N-dealkylation sites (N-methyl/N-ethyl adjacent to an activating group) is 1. The quantitative estimate of drug-likeness (QED) is 0.0785. The van der Waals surface area contributed by atoms with Gasteiger partial charge in [0.2, 0.25) is 5.69 Å². The fourth-order valence-electron chi connectivity index (χ4n) is 7.09. The zero-order valence-electron chi connectivity index (χ0n) is 30.8. The van der Waals surface area contributed by atoms with Gasteiger partial charge < -0.3 is 14.3 Å². The van der Waals surface area contributed by atoms with E-state index in [-0.39, 0.29) is 80.4 Å². The van der Waals surface area contributed by atoms with Crippen molar-refractivity contribution >= 4 is 55.1 Å². The molecule has 3 aliphatic heterocycles. The molecule has 2 amide bonds. The van der Waals surface area contributed by atoms with Gasteiger partial charge in [0.1, 0.15) is 16.7 Å². The van der Waals surface area contributed by atoms with Gasteiger partial charge in [0.15, 0.2) is 5.71 Å². The predicted molar refractivity (Wildman–Crippen MR) is 192 cm³/mol.